The summed E-state index contributed by atoms with van der Waals surface area (Å²) in [7, 11) is 2.17. The Hall–Kier alpha value is -1.88. The molecule has 0 aliphatic carbocycles. The highest BCUT2D eigenvalue weighted by Crippen LogP contribution is 2.26. The second-order valence-electron chi connectivity index (χ2n) is 5.61. The van der Waals surface area contributed by atoms with Gasteiger partial charge in [0.05, 0.1) is 5.52 Å². The van der Waals surface area contributed by atoms with Gasteiger partial charge in [-0.05, 0) is 25.6 Å². The summed E-state index contributed by atoms with van der Waals surface area (Å²) in [6.45, 7) is 7.25. The maximum absolute atomic E-state index is 4.77. The highest BCUT2D eigenvalue weighted by molar-refractivity contribution is 5.90. The number of benzene rings is 1. The molecule has 5 heteroatoms. The average molecular weight is 285 g/mol. The molecule has 0 amide bonds. The number of fused-ring (bicyclic) bond motifs is 1. The van der Waals surface area contributed by atoms with Gasteiger partial charge in [0, 0.05) is 38.1 Å². The van der Waals surface area contributed by atoms with Crippen LogP contribution in [-0.2, 0) is 0 Å². The van der Waals surface area contributed by atoms with Crippen molar-refractivity contribution in [2.24, 2.45) is 0 Å². The van der Waals surface area contributed by atoms with Crippen molar-refractivity contribution in [3.8, 4) is 0 Å². The molecule has 0 unspecified atom stereocenters. The molecule has 5 nitrogen and oxygen atoms in total. The predicted molar refractivity (Wildman–Crippen MR) is 88.0 cm³/mol. The van der Waals surface area contributed by atoms with E-state index in [1.807, 2.05) is 6.07 Å². The molecule has 0 atom stereocenters. The van der Waals surface area contributed by atoms with E-state index in [1.165, 1.54) is 0 Å². The summed E-state index contributed by atoms with van der Waals surface area (Å²) >= 11 is 0. The van der Waals surface area contributed by atoms with Gasteiger partial charge in [0.15, 0.2) is 0 Å². The van der Waals surface area contributed by atoms with Crippen LogP contribution in [0, 0.1) is 0 Å². The van der Waals surface area contributed by atoms with Gasteiger partial charge in [0.25, 0.3) is 0 Å². The normalized spacial score (nSPS) is 16.4. The molecule has 1 fully saturated rings. The van der Waals surface area contributed by atoms with E-state index in [9.17, 15) is 0 Å². The summed E-state index contributed by atoms with van der Waals surface area (Å²) in [5.74, 6) is 1.80. The fourth-order valence-electron chi connectivity index (χ4n) is 2.64. The first-order valence-electron chi connectivity index (χ1n) is 7.72. The first-order chi connectivity index (χ1) is 10.3. The van der Waals surface area contributed by atoms with E-state index < -0.39 is 0 Å². The molecular formula is C16H23N5. The zero-order valence-corrected chi connectivity index (χ0v) is 12.8. The molecular weight excluding hydrogens is 262 g/mol. The van der Waals surface area contributed by atoms with Crippen molar-refractivity contribution in [3.05, 3.63) is 24.3 Å². The zero-order valence-electron chi connectivity index (χ0n) is 12.8. The Morgan fingerprint density at radius 2 is 1.86 bits per heavy atom. The molecule has 2 aromatic rings. The third kappa shape index (κ3) is 3.08. The van der Waals surface area contributed by atoms with Crippen molar-refractivity contribution in [1.82, 2.24) is 14.9 Å². The molecule has 1 aliphatic rings. The number of piperazine rings is 1. The second-order valence-corrected chi connectivity index (χ2v) is 5.61. The van der Waals surface area contributed by atoms with Crippen LogP contribution in [0.3, 0.4) is 0 Å². The number of likely N-dealkylation sites (N-methyl/N-ethyl adjacent to an activating group) is 1. The smallest absolute Gasteiger partial charge is 0.225 e. The first kappa shape index (κ1) is 14.1. The Bertz CT molecular complexity index is 605. The fourth-order valence-corrected chi connectivity index (χ4v) is 2.64. The lowest BCUT2D eigenvalue weighted by atomic mass is 10.2. The summed E-state index contributed by atoms with van der Waals surface area (Å²) in [5, 5.41) is 4.46. The summed E-state index contributed by atoms with van der Waals surface area (Å²) in [6.07, 6.45) is 1.07. The van der Waals surface area contributed by atoms with Crippen molar-refractivity contribution in [3.63, 3.8) is 0 Å². The molecule has 1 aromatic heterocycles. The Morgan fingerprint density at radius 3 is 2.62 bits per heavy atom. The van der Waals surface area contributed by atoms with E-state index in [4.69, 9.17) is 4.98 Å². The highest BCUT2D eigenvalue weighted by Gasteiger charge is 2.18. The number of rotatable bonds is 4. The van der Waals surface area contributed by atoms with Crippen molar-refractivity contribution >= 4 is 22.7 Å². The minimum atomic E-state index is 0.740. The monoisotopic (exact) mass is 285 g/mol. The van der Waals surface area contributed by atoms with Gasteiger partial charge in [0.2, 0.25) is 5.95 Å². The minimum Gasteiger partial charge on any atom is -0.354 e. The third-order valence-corrected chi connectivity index (χ3v) is 3.92. The third-order valence-electron chi connectivity index (χ3n) is 3.92. The van der Waals surface area contributed by atoms with Crippen LogP contribution in [0.1, 0.15) is 13.3 Å². The molecule has 1 saturated heterocycles. The molecule has 1 aromatic carbocycles. The van der Waals surface area contributed by atoms with Crippen LogP contribution in [0.5, 0.6) is 0 Å². The van der Waals surface area contributed by atoms with E-state index in [1.54, 1.807) is 0 Å². The Kier molecular flexibility index (Phi) is 4.20. The van der Waals surface area contributed by atoms with Crippen molar-refractivity contribution in [1.29, 1.82) is 0 Å². The van der Waals surface area contributed by atoms with Crippen LogP contribution in [0.4, 0.5) is 11.8 Å². The van der Waals surface area contributed by atoms with E-state index in [-0.39, 0.29) is 0 Å². The van der Waals surface area contributed by atoms with Gasteiger partial charge in [-0.1, -0.05) is 19.1 Å². The van der Waals surface area contributed by atoms with Crippen molar-refractivity contribution in [2.75, 3.05) is 50.0 Å². The molecule has 112 valence electrons. The molecule has 3 rings (SSSR count). The number of aromatic nitrogens is 2. The van der Waals surface area contributed by atoms with Gasteiger partial charge in [0.1, 0.15) is 5.82 Å². The van der Waals surface area contributed by atoms with Gasteiger partial charge in [-0.3, -0.25) is 0 Å². The first-order valence-corrected chi connectivity index (χ1v) is 7.72. The molecule has 0 radical (unpaired) electrons. The van der Waals surface area contributed by atoms with Crippen LogP contribution in [-0.4, -0.2) is 54.6 Å². The van der Waals surface area contributed by atoms with Gasteiger partial charge < -0.3 is 15.1 Å². The summed E-state index contributed by atoms with van der Waals surface area (Å²) in [4.78, 5) is 14.1. The van der Waals surface area contributed by atoms with Crippen molar-refractivity contribution < 1.29 is 0 Å². The maximum atomic E-state index is 4.77. The van der Waals surface area contributed by atoms with E-state index in [2.05, 4.69) is 52.3 Å². The molecule has 0 saturated carbocycles. The van der Waals surface area contributed by atoms with Crippen LogP contribution >= 0.6 is 0 Å². The van der Waals surface area contributed by atoms with E-state index in [0.29, 0.717) is 0 Å². The van der Waals surface area contributed by atoms with Gasteiger partial charge in [-0.25, -0.2) is 4.98 Å². The topological polar surface area (TPSA) is 44.3 Å². The predicted octanol–water partition coefficient (Wildman–Crippen LogP) is 2.20. The standard InChI is InChI=1S/C16H23N5/c1-3-8-17-16-18-14-7-5-4-6-13(14)15(19-16)21-11-9-20(2)10-12-21/h4-7H,3,8-12H2,1-2H3,(H,17,18,19). The van der Waals surface area contributed by atoms with Crippen LogP contribution < -0.4 is 10.2 Å². The average Bonchev–Trinajstić information content (AvgIpc) is 2.53. The van der Waals surface area contributed by atoms with E-state index in [0.717, 1.165) is 61.8 Å². The van der Waals surface area contributed by atoms with Crippen molar-refractivity contribution in [2.45, 2.75) is 13.3 Å². The molecule has 1 N–H and O–H groups in total. The molecule has 1 aliphatic heterocycles. The molecule has 21 heavy (non-hydrogen) atoms. The molecule has 0 bridgehead atoms. The Balaban J connectivity index is 1.98. The summed E-state index contributed by atoms with van der Waals surface area (Å²) < 4.78 is 0. The minimum absolute atomic E-state index is 0.740. The Labute approximate surface area is 126 Å². The number of hydrogen-bond acceptors (Lipinski definition) is 5. The zero-order chi connectivity index (χ0) is 14.7. The maximum Gasteiger partial charge on any atom is 0.225 e. The molecule has 2 heterocycles. The lowest BCUT2D eigenvalue weighted by molar-refractivity contribution is 0.312. The van der Waals surface area contributed by atoms with Gasteiger partial charge in [-0.15, -0.1) is 0 Å². The quantitative estimate of drug-likeness (QED) is 0.933. The second kappa shape index (κ2) is 6.26. The van der Waals surface area contributed by atoms with Crippen LogP contribution in [0.25, 0.3) is 10.9 Å². The number of anilines is 2. The van der Waals surface area contributed by atoms with Crippen LogP contribution in [0.2, 0.25) is 0 Å². The Morgan fingerprint density at radius 1 is 1.10 bits per heavy atom. The largest absolute Gasteiger partial charge is 0.354 e. The van der Waals surface area contributed by atoms with Gasteiger partial charge >= 0.3 is 0 Å². The van der Waals surface area contributed by atoms with Crippen LogP contribution in [0.15, 0.2) is 24.3 Å². The fraction of sp³-hybridized carbons (Fsp3) is 0.500. The number of nitrogens with one attached hydrogen (secondary N) is 1. The summed E-state index contributed by atoms with van der Waals surface area (Å²) in [6, 6.07) is 8.28. The SMILES string of the molecule is CCCNc1nc(N2CCN(C)CC2)c2ccccc2n1. The highest BCUT2D eigenvalue weighted by atomic mass is 15.3. The lowest BCUT2D eigenvalue weighted by Crippen LogP contribution is -2.45. The summed E-state index contributed by atoms with van der Waals surface area (Å²) in [5.41, 5.74) is 1.01. The van der Waals surface area contributed by atoms with Gasteiger partial charge in [-0.2, -0.15) is 4.98 Å². The number of nitrogens with zero attached hydrogens (tertiary/aromatic N) is 4. The lowest BCUT2D eigenvalue weighted by Gasteiger charge is -2.33. The molecule has 0 spiro atoms. The number of para-hydroxylation sites is 1. The number of hydrogen-bond donors (Lipinski definition) is 1. The van der Waals surface area contributed by atoms with E-state index >= 15 is 0 Å².